The van der Waals surface area contributed by atoms with Gasteiger partial charge in [-0.1, -0.05) is 77.1 Å². The summed E-state index contributed by atoms with van der Waals surface area (Å²) in [5.41, 5.74) is 0.862. The highest BCUT2D eigenvalue weighted by Crippen LogP contribution is 2.26. The van der Waals surface area contributed by atoms with E-state index < -0.39 is 70.8 Å². The number of amides is 6. The second-order valence-corrected chi connectivity index (χ2v) is 14.4. The van der Waals surface area contributed by atoms with E-state index in [2.05, 4.69) is 32.5 Å². The average Bonchev–Trinajstić information content (AvgIpc) is 3.32. The van der Waals surface area contributed by atoms with Crippen molar-refractivity contribution in [3.05, 3.63) is 84.6 Å². The molecule has 4 N–H and O–H groups in total. The zero-order valence-electron chi connectivity index (χ0n) is 31.2. The molecule has 15 nitrogen and oxygen atoms in total. The summed E-state index contributed by atoms with van der Waals surface area (Å²) in [7, 11) is 0. The van der Waals surface area contributed by atoms with Crippen LogP contribution >= 0.6 is 11.8 Å². The molecule has 0 spiro atoms. The molecule has 6 amide bonds. The number of unbranched alkanes of at least 4 members (excludes halogenated alkanes) is 1. The highest BCUT2D eigenvalue weighted by molar-refractivity contribution is 8.00. The van der Waals surface area contributed by atoms with Gasteiger partial charge in [0.25, 0.3) is 23.5 Å². The first-order chi connectivity index (χ1) is 25.7. The highest BCUT2D eigenvalue weighted by atomic mass is 32.2. The van der Waals surface area contributed by atoms with Crippen LogP contribution in [0.2, 0.25) is 0 Å². The van der Waals surface area contributed by atoms with Gasteiger partial charge in [-0.15, -0.1) is 11.8 Å². The SMILES string of the molecule is C=C(C)C(NC(=O)c1cnccn1)C(=O)N[C@H](C(=O)N1C[C@@H](CC)C=CN(C(SCCCC)C(=O)C(=O)N[C@@H](Cc2ccccc2)C(=O)O)C1=O)C(C)C. The minimum atomic E-state index is -1.44. The molecular weight excluding hydrogens is 715 g/mol. The fourth-order valence-electron chi connectivity index (χ4n) is 5.38. The van der Waals surface area contributed by atoms with Gasteiger partial charge in [-0.25, -0.2) is 14.6 Å². The number of carbonyl (C=O) groups is 7. The minimum Gasteiger partial charge on any atom is -0.480 e. The Morgan fingerprint density at radius 1 is 1.04 bits per heavy atom. The average molecular weight is 764 g/mol. The van der Waals surface area contributed by atoms with Crippen LogP contribution in [-0.2, 0) is 30.4 Å². The highest BCUT2D eigenvalue weighted by Gasteiger charge is 2.42. The Hall–Kier alpha value is -5.38. The molecule has 5 atom stereocenters. The molecule has 2 heterocycles. The number of hydrogen-bond acceptors (Lipinski definition) is 10. The van der Waals surface area contributed by atoms with E-state index in [1.54, 1.807) is 50.3 Å². The van der Waals surface area contributed by atoms with Crippen molar-refractivity contribution in [3.63, 3.8) is 0 Å². The van der Waals surface area contributed by atoms with E-state index in [0.29, 0.717) is 24.2 Å². The molecule has 16 heteroatoms. The van der Waals surface area contributed by atoms with Crippen molar-refractivity contribution in [2.45, 2.75) is 83.8 Å². The Balaban J connectivity index is 1.91. The molecule has 54 heavy (non-hydrogen) atoms. The number of carbonyl (C=O) groups excluding carboxylic acids is 6. The summed E-state index contributed by atoms with van der Waals surface area (Å²) in [6, 6.07) is 3.78. The van der Waals surface area contributed by atoms with Crippen LogP contribution in [-0.4, -0.2) is 102 Å². The smallest absolute Gasteiger partial charge is 0.332 e. The number of carboxylic acids is 1. The number of nitrogens with zero attached hydrogens (tertiary/aromatic N) is 4. The molecule has 0 fully saturated rings. The maximum atomic E-state index is 14.4. The Kier molecular flexibility index (Phi) is 16.5. The molecule has 1 aromatic carbocycles. The zero-order valence-corrected chi connectivity index (χ0v) is 32.0. The maximum absolute atomic E-state index is 14.4. The molecule has 2 unspecified atom stereocenters. The lowest BCUT2D eigenvalue weighted by atomic mass is 10.00. The summed E-state index contributed by atoms with van der Waals surface area (Å²) in [5.74, 6) is -6.30. The molecule has 0 saturated carbocycles. The Morgan fingerprint density at radius 2 is 1.74 bits per heavy atom. The van der Waals surface area contributed by atoms with E-state index in [-0.39, 0.29) is 30.2 Å². The summed E-state index contributed by atoms with van der Waals surface area (Å²) in [5, 5.41) is 16.0. The van der Waals surface area contributed by atoms with Crippen molar-refractivity contribution in [3.8, 4) is 0 Å². The zero-order chi connectivity index (χ0) is 39.9. The Labute approximate surface area is 319 Å². The van der Waals surface area contributed by atoms with Crippen LogP contribution < -0.4 is 16.0 Å². The van der Waals surface area contributed by atoms with Gasteiger partial charge in [-0.3, -0.25) is 38.8 Å². The lowest BCUT2D eigenvalue weighted by molar-refractivity contribution is -0.144. The topological polar surface area (TPSA) is 208 Å². The van der Waals surface area contributed by atoms with Crippen LogP contribution in [0.25, 0.3) is 0 Å². The van der Waals surface area contributed by atoms with Gasteiger partial charge in [0.2, 0.25) is 5.91 Å². The molecule has 0 bridgehead atoms. The lowest BCUT2D eigenvalue weighted by Crippen LogP contribution is -2.59. The first-order valence-electron chi connectivity index (χ1n) is 17.8. The van der Waals surface area contributed by atoms with Gasteiger partial charge in [0.05, 0.1) is 6.20 Å². The quantitative estimate of drug-likeness (QED) is 0.0927. The molecule has 1 aromatic heterocycles. The molecule has 0 aliphatic carbocycles. The predicted molar refractivity (Wildman–Crippen MR) is 203 cm³/mol. The van der Waals surface area contributed by atoms with Gasteiger partial charge in [-0.05, 0) is 48.5 Å². The molecule has 3 rings (SSSR count). The minimum absolute atomic E-state index is 0.0364. The first kappa shape index (κ1) is 43.0. The number of ketones is 1. The fourth-order valence-corrected chi connectivity index (χ4v) is 6.64. The van der Waals surface area contributed by atoms with E-state index >= 15 is 0 Å². The van der Waals surface area contributed by atoms with Gasteiger partial charge >= 0.3 is 12.0 Å². The molecular formula is C38H49N7O8S. The monoisotopic (exact) mass is 763 g/mol. The maximum Gasteiger partial charge on any atom is 0.332 e. The van der Waals surface area contributed by atoms with Crippen molar-refractivity contribution in [2.24, 2.45) is 11.8 Å². The number of carboxylic acid groups (broad SMARTS) is 1. The fraction of sp³-hybridized carbons (Fsp3) is 0.447. The molecule has 1 aliphatic heterocycles. The number of aliphatic carboxylic acids is 1. The van der Waals surface area contributed by atoms with Crippen molar-refractivity contribution in [1.29, 1.82) is 0 Å². The number of urea groups is 1. The third-order valence-electron chi connectivity index (χ3n) is 8.60. The second kappa shape index (κ2) is 20.8. The van der Waals surface area contributed by atoms with E-state index in [1.807, 2.05) is 13.8 Å². The van der Waals surface area contributed by atoms with Crippen LogP contribution in [0, 0.1) is 11.8 Å². The number of nitrogens with one attached hydrogen (secondary N) is 3. The number of Topliss-reactive ketones (excluding diaryl/α,β-unsaturated/α-hetero) is 1. The summed E-state index contributed by atoms with van der Waals surface area (Å²) in [6.07, 6.45) is 8.84. The van der Waals surface area contributed by atoms with E-state index in [1.165, 1.54) is 31.7 Å². The first-order valence-corrected chi connectivity index (χ1v) is 18.8. The predicted octanol–water partition coefficient (Wildman–Crippen LogP) is 3.34. The largest absolute Gasteiger partial charge is 0.480 e. The van der Waals surface area contributed by atoms with Crippen LogP contribution in [0.4, 0.5) is 4.79 Å². The summed E-state index contributed by atoms with van der Waals surface area (Å²) >= 11 is 1.03. The molecule has 0 radical (unpaired) electrons. The van der Waals surface area contributed by atoms with Crippen molar-refractivity contribution in [2.75, 3.05) is 12.3 Å². The number of imide groups is 1. The van der Waals surface area contributed by atoms with Crippen LogP contribution in [0.3, 0.4) is 0 Å². The molecule has 0 saturated heterocycles. The third kappa shape index (κ3) is 11.8. The summed E-state index contributed by atoms with van der Waals surface area (Å²) in [4.78, 5) is 104. The summed E-state index contributed by atoms with van der Waals surface area (Å²) < 4.78 is 0. The normalized spacial score (nSPS) is 16.4. The van der Waals surface area contributed by atoms with Crippen molar-refractivity contribution >= 4 is 53.2 Å². The van der Waals surface area contributed by atoms with Crippen molar-refractivity contribution in [1.82, 2.24) is 35.7 Å². The van der Waals surface area contributed by atoms with Gasteiger partial charge < -0.3 is 21.1 Å². The second-order valence-electron chi connectivity index (χ2n) is 13.2. The Bertz CT molecular complexity index is 1710. The lowest BCUT2D eigenvalue weighted by Gasteiger charge is -2.34. The van der Waals surface area contributed by atoms with E-state index in [0.717, 1.165) is 28.0 Å². The van der Waals surface area contributed by atoms with Gasteiger partial charge in [0.1, 0.15) is 23.8 Å². The van der Waals surface area contributed by atoms with Gasteiger partial charge in [-0.2, -0.15) is 0 Å². The van der Waals surface area contributed by atoms with E-state index in [9.17, 15) is 38.7 Å². The van der Waals surface area contributed by atoms with Crippen LogP contribution in [0.1, 0.15) is 69.9 Å². The third-order valence-corrected chi connectivity index (χ3v) is 9.88. The number of thioether (sulfide) groups is 1. The number of aromatic nitrogens is 2. The van der Waals surface area contributed by atoms with Crippen LogP contribution in [0.5, 0.6) is 0 Å². The van der Waals surface area contributed by atoms with Crippen molar-refractivity contribution < 1.29 is 38.7 Å². The number of rotatable bonds is 19. The molecule has 290 valence electrons. The number of hydrogen-bond donors (Lipinski definition) is 4. The number of benzene rings is 1. The van der Waals surface area contributed by atoms with Crippen LogP contribution in [0.15, 0.2) is 73.4 Å². The molecule has 1 aliphatic rings. The van der Waals surface area contributed by atoms with E-state index in [4.69, 9.17) is 0 Å². The van der Waals surface area contributed by atoms with Gasteiger partial charge in [0, 0.05) is 31.6 Å². The van der Waals surface area contributed by atoms with Gasteiger partial charge in [0.15, 0.2) is 5.37 Å². The summed E-state index contributed by atoms with van der Waals surface area (Å²) in [6.45, 7) is 12.4. The molecule has 2 aromatic rings. The standard InChI is InChI=1S/C38H49N7O8S/c1-7-9-19-54-36(31(46)34(49)41-27(37(51)52)20-26-13-11-10-12-14-26)44-18-15-25(8-2)22-45(38(44)53)35(50)30(24(5)6)43-33(48)29(23(3)4)42-32(47)28-21-39-16-17-40-28/h10-18,21,24-25,27,29-30,36H,3,7-9,19-20,22H2,1-2,4-6H3,(H,41,49)(H,42,47)(H,43,48)(H,51,52)/t25-,27-,29?,30-,36?/m0/s1. The Morgan fingerprint density at radius 3 is 2.31 bits per heavy atom.